The van der Waals surface area contributed by atoms with Gasteiger partial charge < -0.3 is 18.9 Å². The van der Waals surface area contributed by atoms with Crippen LogP contribution in [0.4, 0.5) is 0 Å². The van der Waals surface area contributed by atoms with Gasteiger partial charge in [0, 0.05) is 6.54 Å². The highest BCUT2D eigenvalue weighted by atomic mass is 16.7. The number of carbonyl (C=O) groups is 1. The third kappa shape index (κ3) is 2.81. The number of rotatable bonds is 3. The zero-order valence-corrected chi connectivity index (χ0v) is 13.5. The van der Waals surface area contributed by atoms with E-state index in [0.717, 1.165) is 37.1 Å². The van der Waals surface area contributed by atoms with Crippen LogP contribution in [0, 0.1) is 6.92 Å². The Kier molecular flexibility index (Phi) is 3.84. The van der Waals surface area contributed by atoms with Crippen LogP contribution in [0.15, 0.2) is 22.7 Å². The number of benzene rings is 1. The smallest absolute Gasteiger partial charge is 0.249 e. The molecule has 7 heteroatoms. The summed E-state index contributed by atoms with van der Waals surface area (Å²) in [6.45, 7) is 2.74. The molecule has 1 aromatic heterocycles. The lowest BCUT2D eigenvalue weighted by atomic mass is 10.0. The van der Waals surface area contributed by atoms with Gasteiger partial charge in [0.15, 0.2) is 17.3 Å². The molecule has 1 amide bonds. The van der Waals surface area contributed by atoms with Crippen molar-refractivity contribution in [1.29, 1.82) is 0 Å². The van der Waals surface area contributed by atoms with Crippen LogP contribution in [0.3, 0.4) is 0 Å². The van der Waals surface area contributed by atoms with Gasteiger partial charge in [0.2, 0.25) is 18.6 Å². The summed E-state index contributed by atoms with van der Waals surface area (Å²) in [5, 5.41) is 3.85. The number of piperidine rings is 1. The third-order valence-corrected chi connectivity index (χ3v) is 4.44. The van der Waals surface area contributed by atoms with Gasteiger partial charge in [-0.1, -0.05) is 11.2 Å². The molecule has 126 valence electrons. The molecule has 4 rings (SSSR count). The number of fused-ring (bicyclic) bond motifs is 1. The van der Waals surface area contributed by atoms with E-state index in [9.17, 15) is 4.79 Å². The van der Waals surface area contributed by atoms with Gasteiger partial charge >= 0.3 is 0 Å². The predicted octanol–water partition coefficient (Wildman–Crippen LogP) is 2.40. The van der Waals surface area contributed by atoms with Crippen LogP contribution in [-0.2, 0) is 11.2 Å². The summed E-state index contributed by atoms with van der Waals surface area (Å²) < 4.78 is 16.0. The van der Waals surface area contributed by atoms with E-state index >= 15 is 0 Å². The standard InChI is InChI=1S/C17H19N3O4/c1-11-18-17(24-19-11)13-4-2-3-7-20(13)16(21)9-12-5-6-14-15(8-12)23-10-22-14/h5-6,8,13H,2-4,7,9-10H2,1H3/t13-/m0/s1. The molecule has 0 aliphatic carbocycles. The Morgan fingerprint density at radius 2 is 2.17 bits per heavy atom. The summed E-state index contributed by atoms with van der Waals surface area (Å²) in [7, 11) is 0. The molecule has 1 atom stereocenters. The van der Waals surface area contributed by atoms with Crippen LogP contribution in [0.2, 0.25) is 0 Å². The van der Waals surface area contributed by atoms with Crippen molar-refractivity contribution in [2.75, 3.05) is 13.3 Å². The lowest BCUT2D eigenvalue weighted by molar-refractivity contribution is -0.135. The summed E-state index contributed by atoms with van der Waals surface area (Å²) >= 11 is 0. The first-order valence-corrected chi connectivity index (χ1v) is 8.19. The average Bonchev–Trinajstić information content (AvgIpc) is 3.23. The van der Waals surface area contributed by atoms with Gasteiger partial charge in [0.25, 0.3) is 0 Å². The molecule has 1 fully saturated rings. The van der Waals surface area contributed by atoms with Crippen molar-refractivity contribution in [2.45, 2.75) is 38.6 Å². The zero-order valence-electron chi connectivity index (χ0n) is 13.5. The van der Waals surface area contributed by atoms with Gasteiger partial charge in [0.05, 0.1) is 6.42 Å². The zero-order chi connectivity index (χ0) is 16.5. The third-order valence-electron chi connectivity index (χ3n) is 4.44. The fourth-order valence-corrected chi connectivity index (χ4v) is 3.26. The maximum Gasteiger partial charge on any atom is 0.249 e. The van der Waals surface area contributed by atoms with E-state index in [4.69, 9.17) is 14.0 Å². The Hall–Kier alpha value is -2.57. The van der Waals surface area contributed by atoms with Crippen LogP contribution in [0.25, 0.3) is 0 Å². The molecular weight excluding hydrogens is 310 g/mol. The second-order valence-electron chi connectivity index (χ2n) is 6.14. The minimum atomic E-state index is -0.124. The summed E-state index contributed by atoms with van der Waals surface area (Å²) in [5.74, 6) is 2.62. The van der Waals surface area contributed by atoms with Crippen molar-refractivity contribution in [2.24, 2.45) is 0 Å². The Bertz CT molecular complexity index is 758. The number of likely N-dealkylation sites (tertiary alicyclic amines) is 1. The normalized spacial score (nSPS) is 19.5. The van der Waals surface area contributed by atoms with Crippen molar-refractivity contribution in [3.63, 3.8) is 0 Å². The average molecular weight is 329 g/mol. The number of hydrogen-bond acceptors (Lipinski definition) is 6. The predicted molar refractivity (Wildman–Crippen MR) is 83.6 cm³/mol. The van der Waals surface area contributed by atoms with E-state index in [1.54, 1.807) is 6.92 Å². The molecule has 2 aliphatic heterocycles. The SMILES string of the molecule is Cc1noc([C@@H]2CCCCN2C(=O)Cc2ccc3c(c2)OCO3)n1. The second-order valence-corrected chi connectivity index (χ2v) is 6.14. The van der Waals surface area contributed by atoms with Gasteiger partial charge in [-0.15, -0.1) is 0 Å². The molecule has 3 heterocycles. The molecule has 0 spiro atoms. The molecule has 7 nitrogen and oxygen atoms in total. The number of aromatic nitrogens is 2. The van der Waals surface area contributed by atoms with Gasteiger partial charge in [-0.2, -0.15) is 4.98 Å². The number of aryl methyl sites for hydroxylation is 1. The largest absolute Gasteiger partial charge is 0.454 e. The van der Waals surface area contributed by atoms with Gasteiger partial charge in [0.1, 0.15) is 6.04 Å². The molecule has 2 aliphatic rings. The molecular formula is C17H19N3O4. The second kappa shape index (κ2) is 6.14. The minimum Gasteiger partial charge on any atom is -0.454 e. The van der Waals surface area contributed by atoms with Crippen molar-refractivity contribution in [1.82, 2.24) is 15.0 Å². The van der Waals surface area contributed by atoms with E-state index in [0.29, 0.717) is 23.9 Å². The Morgan fingerprint density at radius 1 is 1.29 bits per heavy atom. The minimum absolute atomic E-state index is 0.0643. The highest BCUT2D eigenvalue weighted by Crippen LogP contribution is 2.34. The fraction of sp³-hybridized carbons (Fsp3) is 0.471. The van der Waals surface area contributed by atoms with E-state index < -0.39 is 0 Å². The number of hydrogen-bond donors (Lipinski definition) is 0. The first kappa shape index (κ1) is 15.0. The highest BCUT2D eigenvalue weighted by Gasteiger charge is 2.32. The van der Waals surface area contributed by atoms with Crippen LogP contribution >= 0.6 is 0 Å². The first-order valence-electron chi connectivity index (χ1n) is 8.19. The van der Waals surface area contributed by atoms with E-state index in [-0.39, 0.29) is 18.7 Å². The molecule has 24 heavy (non-hydrogen) atoms. The van der Waals surface area contributed by atoms with Gasteiger partial charge in [-0.3, -0.25) is 4.79 Å². The molecule has 1 saturated heterocycles. The quantitative estimate of drug-likeness (QED) is 0.860. The number of nitrogens with zero attached hydrogens (tertiary/aromatic N) is 3. The van der Waals surface area contributed by atoms with Gasteiger partial charge in [-0.05, 0) is 43.9 Å². The summed E-state index contributed by atoms with van der Waals surface area (Å²) in [5.41, 5.74) is 0.912. The summed E-state index contributed by atoms with van der Waals surface area (Å²) in [6, 6.07) is 5.50. The molecule has 0 unspecified atom stereocenters. The first-order chi connectivity index (χ1) is 11.7. The fourth-order valence-electron chi connectivity index (χ4n) is 3.26. The lowest BCUT2D eigenvalue weighted by Gasteiger charge is -2.33. The topological polar surface area (TPSA) is 77.7 Å². The van der Waals surface area contributed by atoms with Crippen LogP contribution in [0.1, 0.15) is 42.6 Å². The number of ether oxygens (including phenoxy) is 2. The van der Waals surface area contributed by atoms with Crippen molar-refractivity contribution < 1.29 is 18.8 Å². The van der Waals surface area contributed by atoms with Crippen LogP contribution in [-0.4, -0.2) is 34.3 Å². The van der Waals surface area contributed by atoms with E-state index in [2.05, 4.69) is 10.1 Å². The molecule has 1 aromatic carbocycles. The van der Waals surface area contributed by atoms with E-state index in [1.807, 2.05) is 23.1 Å². The molecule has 0 radical (unpaired) electrons. The lowest BCUT2D eigenvalue weighted by Crippen LogP contribution is -2.39. The van der Waals surface area contributed by atoms with Crippen LogP contribution in [0.5, 0.6) is 11.5 Å². The number of amides is 1. The van der Waals surface area contributed by atoms with Crippen LogP contribution < -0.4 is 9.47 Å². The Morgan fingerprint density at radius 3 is 3.00 bits per heavy atom. The molecule has 0 bridgehead atoms. The van der Waals surface area contributed by atoms with Crippen molar-refractivity contribution in [3.8, 4) is 11.5 Å². The molecule has 2 aromatic rings. The highest BCUT2D eigenvalue weighted by molar-refractivity contribution is 5.79. The van der Waals surface area contributed by atoms with Gasteiger partial charge in [-0.25, -0.2) is 0 Å². The summed E-state index contributed by atoms with van der Waals surface area (Å²) in [4.78, 5) is 19.0. The Labute approximate surface area is 139 Å². The monoisotopic (exact) mass is 329 g/mol. The Balaban J connectivity index is 1.51. The molecule has 0 saturated carbocycles. The maximum atomic E-state index is 12.8. The van der Waals surface area contributed by atoms with Crippen molar-refractivity contribution in [3.05, 3.63) is 35.5 Å². The maximum absolute atomic E-state index is 12.8. The van der Waals surface area contributed by atoms with Crippen molar-refractivity contribution >= 4 is 5.91 Å². The number of carbonyl (C=O) groups excluding carboxylic acids is 1. The van der Waals surface area contributed by atoms with E-state index in [1.165, 1.54) is 0 Å². The summed E-state index contributed by atoms with van der Waals surface area (Å²) in [6.07, 6.45) is 3.23. The molecule has 0 N–H and O–H groups in total.